The van der Waals surface area contributed by atoms with E-state index in [0.29, 0.717) is 6.54 Å². The van der Waals surface area contributed by atoms with Gasteiger partial charge < -0.3 is 5.73 Å². The van der Waals surface area contributed by atoms with Gasteiger partial charge in [0.1, 0.15) is 5.82 Å². The Bertz CT molecular complexity index is 492. The normalized spacial score (nSPS) is 11.5. The zero-order valence-corrected chi connectivity index (χ0v) is 10.2. The Morgan fingerprint density at radius 3 is 2.47 bits per heavy atom. The molecule has 0 aliphatic rings. The summed E-state index contributed by atoms with van der Waals surface area (Å²) in [6, 6.07) is 12.1. The van der Waals surface area contributed by atoms with Crippen molar-refractivity contribution in [1.82, 2.24) is 9.97 Å². The highest BCUT2D eigenvalue weighted by molar-refractivity contribution is 5.30. The molecule has 2 aromatic rings. The molecule has 0 bridgehead atoms. The summed E-state index contributed by atoms with van der Waals surface area (Å²) in [5.74, 6) is 0.812. The molecule has 2 N–H and O–H groups in total. The lowest BCUT2D eigenvalue weighted by atomic mass is 9.84. The maximum Gasteiger partial charge on any atom is 0.138 e. The van der Waals surface area contributed by atoms with Gasteiger partial charge in [-0.05, 0) is 25.5 Å². The van der Waals surface area contributed by atoms with Gasteiger partial charge in [-0.2, -0.15) is 0 Å². The number of nitrogens with zero attached hydrogens (tertiary/aromatic N) is 2. The molecule has 0 radical (unpaired) electrons. The molecule has 0 unspecified atom stereocenters. The van der Waals surface area contributed by atoms with E-state index in [1.165, 1.54) is 5.56 Å². The van der Waals surface area contributed by atoms with Crippen LogP contribution in [0.1, 0.15) is 30.9 Å². The van der Waals surface area contributed by atoms with E-state index in [4.69, 9.17) is 5.73 Å². The summed E-state index contributed by atoms with van der Waals surface area (Å²) < 4.78 is 0. The quantitative estimate of drug-likeness (QED) is 0.875. The molecule has 0 amide bonds. The third kappa shape index (κ3) is 2.34. The molecule has 1 aromatic heterocycles. The first-order valence-electron chi connectivity index (χ1n) is 5.72. The van der Waals surface area contributed by atoms with Crippen molar-refractivity contribution < 1.29 is 0 Å². The molecular formula is C14H17N3. The van der Waals surface area contributed by atoms with Crippen LogP contribution in [0.25, 0.3) is 0 Å². The number of rotatable bonds is 3. The Morgan fingerprint density at radius 2 is 1.82 bits per heavy atom. The van der Waals surface area contributed by atoms with Crippen LogP contribution in [0.4, 0.5) is 0 Å². The molecule has 0 atom stereocenters. The Morgan fingerprint density at radius 1 is 1.12 bits per heavy atom. The van der Waals surface area contributed by atoms with E-state index in [1.807, 2.05) is 24.3 Å². The van der Waals surface area contributed by atoms with E-state index in [1.54, 1.807) is 6.20 Å². The molecule has 88 valence electrons. The number of aromatic nitrogens is 2. The molecular weight excluding hydrogens is 210 g/mol. The maximum atomic E-state index is 5.61. The maximum absolute atomic E-state index is 5.61. The Kier molecular flexibility index (Phi) is 3.20. The minimum absolute atomic E-state index is 0.202. The first kappa shape index (κ1) is 11.7. The van der Waals surface area contributed by atoms with Gasteiger partial charge in [-0.15, -0.1) is 0 Å². The van der Waals surface area contributed by atoms with Gasteiger partial charge in [0.2, 0.25) is 0 Å². The predicted octanol–water partition coefficient (Wildman–Crippen LogP) is 2.26. The van der Waals surface area contributed by atoms with Crippen LogP contribution in [-0.4, -0.2) is 9.97 Å². The van der Waals surface area contributed by atoms with Crippen molar-refractivity contribution in [2.24, 2.45) is 5.73 Å². The van der Waals surface area contributed by atoms with E-state index in [9.17, 15) is 0 Å². The van der Waals surface area contributed by atoms with Gasteiger partial charge in [-0.1, -0.05) is 30.3 Å². The van der Waals surface area contributed by atoms with Gasteiger partial charge in [0.25, 0.3) is 0 Å². The molecule has 3 nitrogen and oxygen atoms in total. The van der Waals surface area contributed by atoms with Crippen LogP contribution in [0, 0.1) is 0 Å². The summed E-state index contributed by atoms with van der Waals surface area (Å²) in [6.45, 7) is 4.69. The van der Waals surface area contributed by atoms with Crippen molar-refractivity contribution in [2.45, 2.75) is 25.8 Å². The summed E-state index contributed by atoms with van der Waals surface area (Å²) >= 11 is 0. The van der Waals surface area contributed by atoms with Crippen molar-refractivity contribution in [3.8, 4) is 0 Å². The van der Waals surface area contributed by atoms with Crippen molar-refractivity contribution in [3.05, 3.63) is 59.7 Å². The Balaban J connectivity index is 2.44. The van der Waals surface area contributed by atoms with Gasteiger partial charge in [-0.25, -0.2) is 9.97 Å². The zero-order chi connectivity index (χ0) is 12.3. The standard InChI is InChI=1S/C14H17N3/c1-14(2,11-6-4-3-5-7-11)13-16-9-8-12(10-15)17-13/h3-9H,10,15H2,1-2H3. The fraction of sp³-hybridized carbons (Fsp3) is 0.286. The average Bonchev–Trinajstić information content (AvgIpc) is 2.40. The summed E-state index contributed by atoms with van der Waals surface area (Å²) in [4.78, 5) is 8.87. The SMILES string of the molecule is CC(C)(c1ccccc1)c1nccc(CN)n1. The fourth-order valence-electron chi connectivity index (χ4n) is 1.79. The number of hydrogen-bond donors (Lipinski definition) is 1. The van der Waals surface area contributed by atoms with Crippen molar-refractivity contribution in [1.29, 1.82) is 0 Å². The number of benzene rings is 1. The molecule has 0 saturated heterocycles. The molecule has 1 heterocycles. The van der Waals surface area contributed by atoms with E-state index < -0.39 is 0 Å². The largest absolute Gasteiger partial charge is 0.325 e. The lowest BCUT2D eigenvalue weighted by Crippen LogP contribution is -2.23. The highest BCUT2D eigenvalue weighted by Crippen LogP contribution is 2.28. The smallest absolute Gasteiger partial charge is 0.138 e. The summed E-state index contributed by atoms with van der Waals surface area (Å²) in [7, 11) is 0. The first-order chi connectivity index (χ1) is 8.14. The van der Waals surface area contributed by atoms with Crippen LogP contribution in [-0.2, 0) is 12.0 Å². The molecule has 0 saturated carbocycles. The van der Waals surface area contributed by atoms with E-state index in [-0.39, 0.29) is 5.41 Å². The highest BCUT2D eigenvalue weighted by atomic mass is 14.9. The van der Waals surface area contributed by atoms with Gasteiger partial charge in [-0.3, -0.25) is 0 Å². The lowest BCUT2D eigenvalue weighted by Gasteiger charge is -2.23. The minimum atomic E-state index is -0.202. The molecule has 2 rings (SSSR count). The van der Waals surface area contributed by atoms with Crippen LogP contribution in [0.2, 0.25) is 0 Å². The van der Waals surface area contributed by atoms with E-state index >= 15 is 0 Å². The third-order valence-electron chi connectivity index (χ3n) is 2.98. The van der Waals surface area contributed by atoms with Crippen LogP contribution in [0.15, 0.2) is 42.6 Å². The molecule has 0 aliphatic carbocycles. The molecule has 0 aliphatic heterocycles. The minimum Gasteiger partial charge on any atom is -0.325 e. The second-order valence-corrected chi connectivity index (χ2v) is 4.57. The van der Waals surface area contributed by atoms with Gasteiger partial charge in [0.05, 0.1) is 5.69 Å². The molecule has 1 aromatic carbocycles. The van der Waals surface area contributed by atoms with E-state index in [2.05, 4.69) is 35.9 Å². The lowest BCUT2D eigenvalue weighted by molar-refractivity contribution is 0.585. The molecule has 17 heavy (non-hydrogen) atoms. The Hall–Kier alpha value is -1.74. The summed E-state index contributed by atoms with van der Waals surface area (Å²) in [5, 5.41) is 0. The third-order valence-corrected chi connectivity index (χ3v) is 2.98. The summed E-state index contributed by atoms with van der Waals surface area (Å²) in [5.41, 5.74) is 7.49. The first-order valence-corrected chi connectivity index (χ1v) is 5.72. The van der Waals surface area contributed by atoms with Crippen molar-refractivity contribution >= 4 is 0 Å². The van der Waals surface area contributed by atoms with Crippen LogP contribution < -0.4 is 5.73 Å². The number of nitrogens with two attached hydrogens (primary N) is 1. The molecule has 0 spiro atoms. The van der Waals surface area contributed by atoms with Crippen LogP contribution in [0.3, 0.4) is 0 Å². The average molecular weight is 227 g/mol. The molecule has 3 heteroatoms. The topological polar surface area (TPSA) is 51.8 Å². The zero-order valence-electron chi connectivity index (χ0n) is 10.2. The number of hydrogen-bond acceptors (Lipinski definition) is 3. The van der Waals surface area contributed by atoms with Gasteiger partial charge >= 0.3 is 0 Å². The Labute approximate surface area is 102 Å². The summed E-state index contributed by atoms with van der Waals surface area (Å²) in [6.07, 6.45) is 1.77. The predicted molar refractivity (Wildman–Crippen MR) is 68.5 cm³/mol. The van der Waals surface area contributed by atoms with Crippen LogP contribution in [0.5, 0.6) is 0 Å². The monoisotopic (exact) mass is 227 g/mol. The van der Waals surface area contributed by atoms with Gasteiger partial charge in [0, 0.05) is 18.2 Å². The van der Waals surface area contributed by atoms with Crippen LogP contribution >= 0.6 is 0 Å². The fourth-order valence-corrected chi connectivity index (χ4v) is 1.79. The van der Waals surface area contributed by atoms with E-state index in [0.717, 1.165) is 11.5 Å². The van der Waals surface area contributed by atoms with Gasteiger partial charge in [0.15, 0.2) is 0 Å². The molecule has 0 fully saturated rings. The van der Waals surface area contributed by atoms with Crippen molar-refractivity contribution in [2.75, 3.05) is 0 Å². The highest BCUT2D eigenvalue weighted by Gasteiger charge is 2.25. The second-order valence-electron chi connectivity index (χ2n) is 4.57. The van der Waals surface area contributed by atoms with Crippen molar-refractivity contribution in [3.63, 3.8) is 0 Å². The second kappa shape index (κ2) is 4.63.